The first kappa shape index (κ1) is 51.0. The SMILES string of the molecule is CCCCCCCCC(CCC)N(CP(=O)(CN(C(N)=O)C(CCC)CCCCCCCC)CN(C(N)=O)C(CCC)CCCCCCCC)C(N)=O. The minimum atomic E-state index is -3.57. The summed E-state index contributed by atoms with van der Waals surface area (Å²) in [4.78, 5) is 44.7. The van der Waals surface area contributed by atoms with E-state index in [1.54, 1.807) is 14.7 Å². The van der Waals surface area contributed by atoms with Crippen molar-refractivity contribution in [1.29, 1.82) is 0 Å². The summed E-state index contributed by atoms with van der Waals surface area (Å²) >= 11 is 0. The lowest BCUT2D eigenvalue weighted by molar-refractivity contribution is 0.174. The van der Waals surface area contributed by atoms with Gasteiger partial charge in [0.2, 0.25) is 0 Å². The van der Waals surface area contributed by atoms with Gasteiger partial charge >= 0.3 is 18.1 Å². The van der Waals surface area contributed by atoms with Crippen LogP contribution >= 0.6 is 7.14 Å². The fourth-order valence-corrected chi connectivity index (χ4v) is 11.0. The van der Waals surface area contributed by atoms with Crippen LogP contribution in [0.25, 0.3) is 0 Å². The Morgan fingerprint density at radius 1 is 0.377 bits per heavy atom. The van der Waals surface area contributed by atoms with Crippen molar-refractivity contribution >= 4 is 25.2 Å². The van der Waals surface area contributed by atoms with Gasteiger partial charge in [-0.25, -0.2) is 14.4 Å². The number of primary amides is 3. The van der Waals surface area contributed by atoms with Crippen LogP contribution in [0.3, 0.4) is 0 Å². The summed E-state index contributed by atoms with van der Waals surface area (Å²) in [6, 6.07) is -2.36. The zero-order chi connectivity index (χ0) is 39.9. The van der Waals surface area contributed by atoms with Crippen molar-refractivity contribution in [2.45, 2.75) is 233 Å². The molecule has 10 nitrogen and oxygen atoms in total. The fourth-order valence-electron chi connectivity index (χ4n) is 7.91. The van der Waals surface area contributed by atoms with Crippen LogP contribution in [0.1, 0.15) is 215 Å². The van der Waals surface area contributed by atoms with Crippen molar-refractivity contribution in [2.75, 3.05) is 18.9 Å². The number of carbonyl (C=O) groups excluding carboxylic acids is 3. The maximum atomic E-state index is 15.7. The van der Waals surface area contributed by atoms with Crippen molar-refractivity contribution < 1.29 is 18.9 Å². The molecule has 0 heterocycles. The van der Waals surface area contributed by atoms with Crippen molar-refractivity contribution in [2.24, 2.45) is 17.2 Å². The molecule has 0 rings (SSSR count). The van der Waals surface area contributed by atoms with Crippen molar-refractivity contribution in [3.05, 3.63) is 0 Å². The van der Waals surface area contributed by atoms with Crippen LogP contribution < -0.4 is 17.2 Å². The molecule has 0 saturated carbocycles. The summed E-state index contributed by atoms with van der Waals surface area (Å²) in [6.07, 6.45) is 27.1. The van der Waals surface area contributed by atoms with Gasteiger partial charge in [0.1, 0.15) is 7.14 Å². The molecule has 0 aromatic rings. The Morgan fingerprint density at radius 3 is 0.811 bits per heavy atom. The van der Waals surface area contributed by atoms with Gasteiger partial charge in [0.25, 0.3) is 0 Å². The van der Waals surface area contributed by atoms with Gasteiger partial charge in [0.15, 0.2) is 0 Å². The first-order valence-electron chi connectivity index (χ1n) is 22.2. The van der Waals surface area contributed by atoms with Gasteiger partial charge in [-0.05, 0) is 38.5 Å². The van der Waals surface area contributed by atoms with E-state index in [1.165, 1.54) is 57.8 Å². The Labute approximate surface area is 327 Å². The van der Waals surface area contributed by atoms with Crippen LogP contribution in [0.15, 0.2) is 0 Å². The number of hydrogen-bond acceptors (Lipinski definition) is 4. The molecule has 53 heavy (non-hydrogen) atoms. The number of unbranched alkanes of at least 4 members (excludes halogenated alkanes) is 15. The maximum Gasteiger partial charge on any atom is 0.315 e. The smallest absolute Gasteiger partial charge is 0.315 e. The molecule has 0 aromatic heterocycles. The number of nitrogens with zero attached hydrogens (tertiary/aromatic N) is 3. The van der Waals surface area contributed by atoms with E-state index in [0.29, 0.717) is 0 Å². The molecule has 3 unspecified atom stereocenters. The van der Waals surface area contributed by atoms with Gasteiger partial charge in [-0.15, -0.1) is 0 Å². The molecule has 314 valence electrons. The highest BCUT2D eigenvalue weighted by atomic mass is 31.2. The molecule has 6 amide bonds. The molecule has 0 radical (unpaired) electrons. The number of rotatable bonds is 36. The summed E-state index contributed by atoms with van der Waals surface area (Å²) in [6.45, 7) is 12.9. The molecule has 0 spiro atoms. The van der Waals surface area contributed by atoms with Gasteiger partial charge in [0, 0.05) is 18.1 Å². The number of carbonyl (C=O) groups is 3. The average molecular weight is 771 g/mol. The number of hydrogen-bond donors (Lipinski definition) is 3. The van der Waals surface area contributed by atoms with Gasteiger partial charge < -0.3 is 36.5 Å². The Morgan fingerprint density at radius 2 is 0.604 bits per heavy atom. The predicted octanol–water partition coefficient (Wildman–Crippen LogP) is 12.1. The van der Waals surface area contributed by atoms with Crippen molar-refractivity contribution in [1.82, 2.24) is 14.7 Å². The third kappa shape index (κ3) is 23.5. The van der Waals surface area contributed by atoms with E-state index >= 15 is 4.57 Å². The molecule has 0 aliphatic heterocycles. The summed E-state index contributed by atoms with van der Waals surface area (Å²) in [5, 5.41) is 0. The van der Waals surface area contributed by atoms with Crippen LogP contribution in [0, 0.1) is 0 Å². The number of amides is 6. The lowest BCUT2D eigenvalue weighted by atomic mass is 10.0. The van der Waals surface area contributed by atoms with Crippen LogP contribution in [0.5, 0.6) is 0 Å². The summed E-state index contributed by atoms with van der Waals surface area (Å²) < 4.78 is 15.7. The lowest BCUT2D eigenvalue weighted by Crippen LogP contribution is -2.50. The maximum absolute atomic E-state index is 15.7. The normalized spacial score (nSPS) is 14.3. The topological polar surface area (TPSA) is 156 Å². The van der Waals surface area contributed by atoms with E-state index in [0.717, 1.165) is 116 Å². The summed E-state index contributed by atoms with van der Waals surface area (Å²) in [5.74, 6) is 0. The average Bonchev–Trinajstić information content (AvgIpc) is 3.11. The Balaban J connectivity index is 6.69. The van der Waals surface area contributed by atoms with Gasteiger partial charge in [0.05, 0.1) is 18.9 Å². The van der Waals surface area contributed by atoms with E-state index in [-0.39, 0.29) is 37.0 Å². The highest BCUT2D eigenvalue weighted by Gasteiger charge is 2.39. The first-order chi connectivity index (χ1) is 25.4. The Hall–Kier alpha value is -1.96. The van der Waals surface area contributed by atoms with E-state index in [1.807, 2.05) is 0 Å². The highest BCUT2D eigenvalue weighted by Crippen LogP contribution is 2.49. The molecule has 6 N–H and O–H groups in total. The van der Waals surface area contributed by atoms with Crippen LogP contribution in [-0.4, -0.2) is 69.8 Å². The van der Waals surface area contributed by atoms with Crippen LogP contribution in [0.4, 0.5) is 14.4 Å². The molecule has 0 aliphatic carbocycles. The zero-order valence-electron chi connectivity index (χ0n) is 35.6. The third-order valence-electron chi connectivity index (χ3n) is 10.9. The van der Waals surface area contributed by atoms with E-state index < -0.39 is 25.2 Å². The molecule has 11 heteroatoms. The molecular formula is C42H87N6O4P. The standard InChI is InChI=1S/C42H87N6O4P/c1-7-13-16-19-22-25-31-37(28-10-4)46(40(43)49)34-53(52,35-47(41(44)50)38(29-11-5)32-26-23-20-17-14-8-2)36-48(42(45)51)39(30-12-6)33-27-24-21-18-15-9-3/h37-39H,7-36H2,1-6H3,(H2,43,49)(H2,44,50)(H2,45,51). The Kier molecular flexibility index (Phi) is 31.1. The minimum absolute atomic E-state index is 0.109. The van der Waals surface area contributed by atoms with E-state index in [4.69, 9.17) is 17.2 Å². The number of urea groups is 3. The van der Waals surface area contributed by atoms with E-state index in [9.17, 15) is 14.4 Å². The van der Waals surface area contributed by atoms with Gasteiger partial charge in [-0.1, -0.05) is 176 Å². The second-order valence-corrected chi connectivity index (χ2v) is 18.9. The van der Waals surface area contributed by atoms with E-state index in [2.05, 4.69) is 41.5 Å². The minimum Gasteiger partial charge on any atom is -0.351 e. The molecular weight excluding hydrogens is 683 g/mol. The van der Waals surface area contributed by atoms with Crippen LogP contribution in [-0.2, 0) is 4.57 Å². The largest absolute Gasteiger partial charge is 0.351 e. The van der Waals surface area contributed by atoms with Crippen molar-refractivity contribution in [3.63, 3.8) is 0 Å². The number of nitrogens with two attached hydrogens (primary N) is 3. The van der Waals surface area contributed by atoms with Crippen molar-refractivity contribution in [3.8, 4) is 0 Å². The molecule has 0 aromatic carbocycles. The zero-order valence-corrected chi connectivity index (χ0v) is 36.5. The third-order valence-corrected chi connectivity index (χ3v) is 13.4. The van der Waals surface area contributed by atoms with Gasteiger partial charge in [-0.2, -0.15) is 0 Å². The summed E-state index contributed by atoms with van der Waals surface area (Å²) in [5.41, 5.74) is 18.4. The summed E-state index contributed by atoms with van der Waals surface area (Å²) in [7, 11) is -3.57. The lowest BCUT2D eigenvalue weighted by Gasteiger charge is -2.40. The molecule has 0 fully saturated rings. The van der Waals surface area contributed by atoms with Gasteiger partial charge in [-0.3, -0.25) is 0 Å². The molecule has 0 bridgehead atoms. The monoisotopic (exact) mass is 771 g/mol. The highest BCUT2D eigenvalue weighted by molar-refractivity contribution is 7.63. The second kappa shape index (κ2) is 32.3. The first-order valence-corrected chi connectivity index (χ1v) is 24.5. The second-order valence-electron chi connectivity index (χ2n) is 15.9. The predicted molar refractivity (Wildman–Crippen MR) is 227 cm³/mol. The molecule has 0 saturated heterocycles. The molecule has 0 aliphatic rings. The Bertz CT molecular complexity index is 866. The molecule has 3 atom stereocenters. The fraction of sp³-hybridized carbons (Fsp3) is 0.929. The van der Waals surface area contributed by atoms with Crippen LogP contribution in [0.2, 0.25) is 0 Å². The quantitative estimate of drug-likeness (QED) is 0.0428.